The molecule has 1 aromatic carbocycles. The van der Waals surface area contributed by atoms with Crippen molar-refractivity contribution in [3.05, 3.63) is 71.6 Å². The molecule has 2 aromatic heterocycles. The van der Waals surface area contributed by atoms with E-state index in [2.05, 4.69) is 15.0 Å². The number of hydrogen-bond donors (Lipinski definition) is 0. The summed E-state index contributed by atoms with van der Waals surface area (Å²) in [5.41, 5.74) is -0.940. The van der Waals surface area contributed by atoms with E-state index in [1.807, 2.05) is 0 Å². The average Bonchev–Trinajstić information content (AvgIpc) is 3.17. The maximum atomic E-state index is 14.1. The van der Waals surface area contributed by atoms with Crippen molar-refractivity contribution in [2.75, 3.05) is 18.0 Å². The van der Waals surface area contributed by atoms with E-state index in [9.17, 15) is 22.0 Å². The van der Waals surface area contributed by atoms with E-state index >= 15 is 0 Å². The molecule has 29 heavy (non-hydrogen) atoms. The van der Waals surface area contributed by atoms with Gasteiger partial charge in [0.2, 0.25) is 0 Å². The van der Waals surface area contributed by atoms with Gasteiger partial charge in [-0.1, -0.05) is 12.1 Å². The van der Waals surface area contributed by atoms with Gasteiger partial charge in [0.1, 0.15) is 23.1 Å². The Morgan fingerprint density at radius 2 is 1.72 bits per heavy atom. The Hall–Kier alpha value is -3.10. The lowest BCUT2D eigenvalue weighted by molar-refractivity contribution is -0.141. The van der Waals surface area contributed by atoms with Crippen LogP contribution in [0.2, 0.25) is 0 Å². The standard InChI is InChI=1S/C20H15F5N4/c21-13-4-3-5-14(22)18(13)12-7-9-29(11-12)17-10-16(20(23,24)25)27-19(28-17)15-6-1-2-8-26-15/h1-6,8,10,12H,7,9,11H2. The van der Waals surface area contributed by atoms with E-state index < -0.39 is 29.4 Å². The fraction of sp³-hybridized carbons (Fsp3) is 0.250. The molecule has 4 nitrogen and oxygen atoms in total. The molecule has 1 aliphatic heterocycles. The Kier molecular flexibility index (Phi) is 4.89. The Morgan fingerprint density at radius 3 is 2.38 bits per heavy atom. The van der Waals surface area contributed by atoms with E-state index in [-0.39, 0.29) is 29.4 Å². The van der Waals surface area contributed by atoms with Crippen LogP contribution >= 0.6 is 0 Å². The summed E-state index contributed by atoms with van der Waals surface area (Å²) < 4.78 is 68.3. The van der Waals surface area contributed by atoms with Gasteiger partial charge in [0, 0.05) is 36.8 Å². The number of alkyl halides is 3. The Bertz CT molecular complexity index is 1000. The first-order chi connectivity index (χ1) is 13.8. The summed E-state index contributed by atoms with van der Waals surface area (Å²) in [6.07, 6.45) is -2.84. The molecular formula is C20H15F5N4. The number of benzene rings is 1. The highest BCUT2D eigenvalue weighted by Crippen LogP contribution is 2.36. The maximum Gasteiger partial charge on any atom is 0.433 e. The third-order valence-electron chi connectivity index (χ3n) is 4.82. The second kappa shape index (κ2) is 7.38. The van der Waals surface area contributed by atoms with Crippen LogP contribution in [0.4, 0.5) is 27.8 Å². The van der Waals surface area contributed by atoms with Crippen molar-refractivity contribution in [1.29, 1.82) is 0 Å². The van der Waals surface area contributed by atoms with Crippen LogP contribution < -0.4 is 4.90 Å². The number of aromatic nitrogens is 3. The van der Waals surface area contributed by atoms with Crippen LogP contribution in [0.15, 0.2) is 48.7 Å². The zero-order chi connectivity index (χ0) is 20.6. The summed E-state index contributed by atoms with van der Waals surface area (Å²) in [6, 6.07) is 9.25. The number of pyridine rings is 1. The summed E-state index contributed by atoms with van der Waals surface area (Å²) in [7, 11) is 0. The van der Waals surface area contributed by atoms with Crippen LogP contribution in [0.25, 0.3) is 11.5 Å². The summed E-state index contributed by atoms with van der Waals surface area (Å²) in [6.45, 7) is 0.461. The quantitative estimate of drug-likeness (QED) is 0.585. The van der Waals surface area contributed by atoms with Gasteiger partial charge in [0.15, 0.2) is 11.5 Å². The van der Waals surface area contributed by atoms with Crippen molar-refractivity contribution in [3.63, 3.8) is 0 Å². The molecule has 0 saturated carbocycles. The molecule has 3 aromatic rings. The van der Waals surface area contributed by atoms with Crippen LogP contribution in [0.5, 0.6) is 0 Å². The van der Waals surface area contributed by atoms with Crippen LogP contribution in [0.3, 0.4) is 0 Å². The molecule has 150 valence electrons. The van der Waals surface area contributed by atoms with Crippen molar-refractivity contribution in [1.82, 2.24) is 15.0 Å². The van der Waals surface area contributed by atoms with Crippen LogP contribution in [-0.2, 0) is 6.18 Å². The van der Waals surface area contributed by atoms with Gasteiger partial charge in [0.25, 0.3) is 0 Å². The highest BCUT2D eigenvalue weighted by Gasteiger charge is 2.36. The van der Waals surface area contributed by atoms with Crippen LogP contribution in [-0.4, -0.2) is 28.0 Å². The Morgan fingerprint density at radius 1 is 0.966 bits per heavy atom. The van der Waals surface area contributed by atoms with Crippen molar-refractivity contribution in [2.24, 2.45) is 0 Å². The second-order valence-electron chi connectivity index (χ2n) is 6.71. The zero-order valence-electron chi connectivity index (χ0n) is 15.0. The van der Waals surface area contributed by atoms with Gasteiger partial charge in [-0.2, -0.15) is 13.2 Å². The van der Waals surface area contributed by atoms with Gasteiger partial charge in [-0.3, -0.25) is 4.98 Å². The van der Waals surface area contributed by atoms with E-state index in [0.29, 0.717) is 13.0 Å². The molecular weight excluding hydrogens is 391 g/mol. The molecule has 1 saturated heterocycles. The van der Waals surface area contributed by atoms with E-state index in [1.165, 1.54) is 30.5 Å². The molecule has 3 heterocycles. The minimum atomic E-state index is -4.67. The molecule has 0 spiro atoms. The summed E-state index contributed by atoms with van der Waals surface area (Å²) in [5, 5.41) is 0. The molecule has 1 unspecified atom stereocenters. The average molecular weight is 406 g/mol. The monoisotopic (exact) mass is 406 g/mol. The maximum absolute atomic E-state index is 14.1. The van der Waals surface area contributed by atoms with Gasteiger partial charge in [0.05, 0.1) is 0 Å². The molecule has 0 aliphatic carbocycles. The topological polar surface area (TPSA) is 41.9 Å². The van der Waals surface area contributed by atoms with Crippen molar-refractivity contribution in [3.8, 4) is 11.5 Å². The van der Waals surface area contributed by atoms with E-state index in [4.69, 9.17) is 0 Å². The molecule has 0 N–H and O–H groups in total. The lowest BCUT2D eigenvalue weighted by Crippen LogP contribution is -2.23. The van der Waals surface area contributed by atoms with Gasteiger partial charge in [-0.25, -0.2) is 18.7 Å². The Balaban J connectivity index is 1.70. The summed E-state index contributed by atoms with van der Waals surface area (Å²) in [4.78, 5) is 13.4. The minimum absolute atomic E-state index is 0.0484. The fourth-order valence-electron chi connectivity index (χ4n) is 3.46. The molecule has 1 fully saturated rings. The number of rotatable bonds is 3. The molecule has 0 bridgehead atoms. The first-order valence-electron chi connectivity index (χ1n) is 8.89. The molecule has 4 rings (SSSR count). The summed E-state index contributed by atoms with van der Waals surface area (Å²) in [5.74, 6) is -1.92. The lowest BCUT2D eigenvalue weighted by Gasteiger charge is -2.20. The highest BCUT2D eigenvalue weighted by molar-refractivity contribution is 5.54. The molecule has 1 atom stereocenters. The normalized spacial score (nSPS) is 17.0. The lowest BCUT2D eigenvalue weighted by atomic mass is 9.97. The number of halogens is 5. The molecule has 9 heteroatoms. The largest absolute Gasteiger partial charge is 0.433 e. The SMILES string of the molecule is Fc1cccc(F)c1C1CCN(c2cc(C(F)(F)F)nc(-c3ccccn3)n2)C1. The fourth-order valence-corrected chi connectivity index (χ4v) is 3.46. The van der Waals surface area contributed by atoms with Crippen molar-refractivity contribution >= 4 is 5.82 Å². The third kappa shape index (κ3) is 3.90. The van der Waals surface area contributed by atoms with Gasteiger partial charge >= 0.3 is 6.18 Å². The second-order valence-corrected chi connectivity index (χ2v) is 6.71. The Labute approximate surface area is 163 Å². The summed E-state index contributed by atoms with van der Waals surface area (Å²) >= 11 is 0. The molecule has 0 amide bonds. The third-order valence-corrected chi connectivity index (χ3v) is 4.82. The van der Waals surface area contributed by atoms with E-state index in [1.54, 1.807) is 17.0 Å². The predicted octanol–water partition coefficient (Wildman–Crippen LogP) is 4.83. The number of hydrogen-bond acceptors (Lipinski definition) is 4. The zero-order valence-corrected chi connectivity index (χ0v) is 15.0. The first-order valence-corrected chi connectivity index (χ1v) is 8.89. The smallest absolute Gasteiger partial charge is 0.356 e. The van der Waals surface area contributed by atoms with E-state index in [0.717, 1.165) is 6.07 Å². The van der Waals surface area contributed by atoms with Crippen molar-refractivity contribution < 1.29 is 22.0 Å². The minimum Gasteiger partial charge on any atom is -0.356 e. The van der Waals surface area contributed by atoms with Gasteiger partial charge in [-0.15, -0.1) is 0 Å². The van der Waals surface area contributed by atoms with Crippen LogP contribution in [0.1, 0.15) is 23.6 Å². The van der Waals surface area contributed by atoms with Crippen molar-refractivity contribution in [2.45, 2.75) is 18.5 Å². The molecule has 0 radical (unpaired) electrons. The van der Waals surface area contributed by atoms with Crippen LogP contribution in [0, 0.1) is 11.6 Å². The highest BCUT2D eigenvalue weighted by atomic mass is 19.4. The number of anilines is 1. The van der Waals surface area contributed by atoms with Gasteiger partial charge < -0.3 is 4.90 Å². The molecule has 1 aliphatic rings. The van der Waals surface area contributed by atoms with Gasteiger partial charge in [-0.05, 0) is 30.7 Å². The number of nitrogens with zero attached hydrogens (tertiary/aromatic N) is 4. The first kappa shape index (κ1) is 19.2. The predicted molar refractivity (Wildman–Crippen MR) is 96.2 cm³/mol.